The van der Waals surface area contributed by atoms with Crippen LogP contribution in [0.3, 0.4) is 0 Å². The maximum absolute atomic E-state index is 12.6. The van der Waals surface area contributed by atoms with E-state index in [0.717, 1.165) is 11.1 Å². The Morgan fingerprint density at radius 3 is 2.30 bits per heavy atom. The summed E-state index contributed by atoms with van der Waals surface area (Å²) in [5.74, 6) is 0. The van der Waals surface area contributed by atoms with Crippen molar-refractivity contribution in [2.24, 2.45) is 0 Å². The first kappa shape index (κ1) is 21.6. The zero-order valence-electron chi connectivity index (χ0n) is 15.5. The van der Waals surface area contributed by atoms with Crippen molar-refractivity contribution >= 4 is 47.0 Å². The highest BCUT2D eigenvalue weighted by atomic mass is 35.5. The van der Waals surface area contributed by atoms with Gasteiger partial charge >= 0.3 is 6.09 Å². The van der Waals surface area contributed by atoms with Gasteiger partial charge in [-0.1, -0.05) is 65.2 Å². The summed E-state index contributed by atoms with van der Waals surface area (Å²) in [6, 6.07) is 12.8. The number of amides is 1. The second kappa shape index (κ2) is 9.50. The summed E-state index contributed by atoms with van der Waals surface area (Å²) in [7, 11) is 0. The van der Waals surface area contributed by atoms with Crippen LogP contribution in [0.1, 0.15) is 31.9 Å². The Morgan fingerprint density at radius 2 is 1.70 bits per heavy atom. The molecule has 0 bridgehead atoms. The van der Waals surface area contributed by atoms with E-state index in [1.807, 2.05) is 63.3 Å². The smallest absolute Gasteiger partial charge is 0.410 e. The molecule has 0 heterocycles. The second-order valence-electron chi connectivity index (χ2n) is 7.06. The number of benzene rings is 2. The summed E-state index contributed by atoms with van der Waals surface area (Å²) in [4.78, 5) is 14.2. The number of carbonyl (C=O) groups excluding carboxylic acids is 1. The number of rotatable bonds is 5. The molecule has 0 N–H and O–H groups in total. The van der Waals surface area contributed by atoms with Crippen LogP contribution < -0.4 is 0 Å². The first-order valence-electron chi connectivity index (χ1n) is 8.48. The highest BCUT2D eigenvalue weighted by Gasteiger charge is 2.21. The van der Waals surface area contributed by atoms with E-state index in [1.54, 1.807) is 17.0 Å². The van der Waals surface area contributed by atoms with Crippen molar-refractivity contribution in [3.05, 3.63) is 74.7 Å². The van der Waals surface area contributed by atoms with E-state index in [4.69, 9.17) is 39.5 Å². The van der Waals surface area contributed by atoms with E-state index in [1.165, 1.54) is 0 Å². The fourth-order valence-electron chi connectivity index (χ4n) is 2.28. The normalized spacial score (nSPS) is 11.6. The van der Waals surface area contributed by atoms with Crippen LogP contribution in [-0.2, 0) is 11.3 Å². The van der Waals surface area contributed by atoms with Crippen molar-refractivity contribution in [1.29, 1.82) is 0 Å². The molecule has 0 fully saturated rings. The summed E-state index contributed by atoms with van der Waals surface area (Å²) in [5.41, 5.74) is 1.29. The molecule has 0 atom stereocenters. The van der Waals surface area contributed by atoms with Crippen LogP contribution in [0.4, 0.5) is 4.79 Å². The van der Waals surface area contributed by atoms with Crippen LogP contribution in [0.25, 0.3) is 6.08 Å². The summed E-state index contributed by atoms with van der Waals surface area (Å²) < 4.78 is 5.52. The third-order valence-corrected chi connectivity index (χ3v) is 4.51. The predicted octanol–water partition coefficient (Wildman–Crippen LogP) is 7.10. The first-order chi connectivity index (χ1) is 12.6. The lowest BCUT2D eigenvalue weighted by atomic mass is 10.2. The molecule has 0 aromatic heterocycles. The average Bonchev–Trinajstić information content (AvgIpc) is 2.57. The van der Waals surface area contributed by atoms with Gasteiger partial charge in [0.2, 0.25) is 0 Å². The molecule has 3 nitrogen and oxygen atoms in total. The van der Waals surface area contributed by atoms with Crippen LogP contribution in [0, 0.1) is 0 Å². The molecule has 0 unspecified atom stereocenters. The van der Waals surface area contributed by atoms with Gasteiger partial charge in [-0.05, 0) is 56.2 Å². The van der Waals surface area contributed by atoms with Gasteiger partial charge in [0.1, 0.15) is 5.60 Å². The highest BCUT2D eigenvalue weighted by molar-refractivity contribution is 6.42. The van der Waals surface area contributed by atoms with Crippen molar-refractivity contribution in [2.45, 2.75) is 32.9 Å². The molecule has 144 valence electrons. The van der Waals surface area contributed by atoms with Gasteiger partial charge in [-0.3, -0.25) is 0 Å². The number of hydrogen-bond acceptors (Lipinski definition) is 2. The Kier molecular flexibility index (Phi) is 7.60. The highest BCUT2D eigenvalue weighted by Crippen LogP contribution is 2.24. The Labute approximate surface area is 175 Å². The summed E-state index contributed by atoms with van der Waals surface area (Å²) >= 11 is 18.0. The SMILES string of the molecule is CC(C)(C)OC(=O)N(CC=Cc1ccc(Cl)cc1)Cc1ccc(Cl)c(Cl)c1. The maximum atomic E-state index is 12.6. The summed E-state index contributed by atoms with van der Waals surface area (Å²) in [6.07, 6.45) is 3.45. The van der Waals surface area contributed by atoms with Crippen LogP contribution >= 0.6 is 34.8 Å². The number of carbonyl (C=O) groups is 1. The molecule has 0 aliphatic heterocycles. The summed E-state index contributed by atoms with van der Waals surface area (Å²) in [5, 5.41) is 1.61. The van der Waals surface area contributed by atoms with E-state index >= 15 is 0 Å². The van der Waals surface area contributed by atoms with Gasteiger partial charge in [-0.15, -0.1) is 0 Å². The van der Waals surface area contributed by atoms with Crippen LogP contribution in [0.5, 0.6) is 0 Å². The monoisotopic (exact) mass is 425 g/mol. The molecule has 0 aliphatic rings. The lowest BCUT2D eigenvalue weighted by Crippen LogP contribution is -2.36. The Bertz CT molecular complexity index is 811. The standard InChI is InChI=1S/C21H22Cl3NO2/c1-21(2,3)27-20(26)25(14-16-8-11-18(23)19(24)13-16)12-4-5-15-6-9-17(22)10-7-15/h4-11,13H,12,14H2,1-3H3. The fraction of sp³-hybridized carbons (Fsp3) is 0.286. The lowest BCUT2D eigenvalue weighted by molar-refractivity contribution is 0.0257. The molecule has 0 saturated heterocycles. The Balaban J connectivity index is 2.14. The van der Waals surface area contributed by atoms with E-state index in [0.29, 0.717) is 28.2 Å². The molecule has 0 saturated carbocycles. The second-order valence-corrected chi connectivity index (χ2v) is 8.31. The number of nitrogens with zero attached hydrogens (tertiary/aromatic N) is 1. The van der Waals surface area contributed by atoms with Gasteiger partial charge in [-0.25, -0.2) is 4.79 Å². The van der Waals surface area contributed by atoms with Crippen molar-refractivity contribution in [3.63, 3.8) is 0 Å². The van der Waals surface area contributed by atoms with Gasteiger partial charge in [0, 0.05) is 18.1 Å². The molecule has 27 heavy (non-hydrogen) atoms. The van der Waals surface area contributed by atoms with Crippen molar-refractivity contribution < 1.29 is 9.53 Å². The first-order valence-corrected chi connectivity index (χ1v) is 9.61. The minimum absolute atomic E-state index is 0.358. The van der Waals surface area contributed by atoms with E-state index in [-0.39, 0.29) is 0 Å². The molecular formula is C21H22Cl3NO2. The number of ether oxygens (including phenoxy) is 1. The molecule has 1 amide bonds. The van der Waals surface area contributed by atoms with Crippen LogP contribution in [0.15, 0.2) is 48.5 Å². The van der Waals surface area contributed by atoms with Crippen LogP contribution in [0.2, 0.25) is 15.1 Å². The largest absolute Gasteiger partial charge is 0.444 e. The Hall–Kier alpha value is -1.68. The number of halogens is 3. The maximum Gasteiger partial charge on any atom is 0.410 e. The molecular weight excluding hydrogens is 405 g/mol. The topological polar surface area (TPSA) is 29.5 Å². The molecule has 0 aliphatic carbocycles. The van der Waals surface area contributed by atoms with Crippen LogP contribution in [-0.4, -0.2) is 23.1 Å². The molecule has 6 heteroatoms. The average molecular weight is 427 g/mol. The molecule has 2 aromatic rings. The molecule has 2 rings (SSSR count). The fourth-order valence-corrected chi connectivity index (χ4v) is 2.73. The zero-order chi connectivity index (χ0) is 20.0. The minimum atomic E-state index is -0.577. The molecule has 0 radical (unpaired) electrons. The Morgan fingerprint density at radius 1 is 1.04 bits per heavy atom. The number of hydrogen-bond donors (Lipinski definition) is 0. The third-order valence-electron chi connectivity index (χ3n) is 3.52. The molecule has 0 spiro atoms. The van der Waals surface area contributed by atoms with Gasteiger partial charge in [0.05, 0.1) is 10.0 Å². The van der Waals surface area contributed by atoms with E-state index < -0.39 is 11.7 Å². The van der Waals surface area contributed by atoms with Crippen molar-refractivity contribution in [2.75, 3.05) is 6.54 Å². The predicted molar refractivity (Wildman–Crippen MR) is 114 cm³/mol. The van der Waals surface area contributed by atoms with Gasteiger partial charge in [0.25, 0.3) is 0 Å². The van der Waals surface area contributed by atoms with E-state index in [2.05, 4.69) is 0 Å². The van der Waals surface area contributed by atoms with Crippen molar-refractivity contribution in [1.82, 2.24) is 4.90 Å². The molecule has 2 aromatic carbocycles. The third kappa shape index (κ3) is 7.45. The minimum Gasteiger partial charge on any atom is -0.444 e. The quantitative estimate of drug-likeness (QED) is 0.510. The lowest BCUT2D eigenvalue weighted by Gasteiger charge is -2.27. The summed E-state index contributed by atoms with van der Waals surface area (Å²) in [6.45, 7) is 6.26. The van der Waals surface area contributed by atoms with Gasteiger partial charge < -0.3 is 9.64 Å². The van der Waals surface area contributed by atoms with E-state index in [9.17, 15) is 4.79 Å². The van der Waals surface area contributed by atoms with Gasteiger partial charge in [0.15, 0.2) is 0 Å². The van der Waals surface area contributed by atoms with Gasteiger partial charge in [-0.2, -0.15) is 0 Å². The zero-order valence-corrected chi connectivity index (χ0v) is 17.8. The van der Waals surface area contributed by atoms with Crippen molar-refractivity contribution in [3.8, 4) is 0 Å².